The first kappa shape index (κ1) is 47.1. The van der Waals surface area contributed by atoms with E-state index in [4.69, 9.17) is 20.9 Å². The quantitative estimate of drug-likeness (QED) is 0.0985. The van der Waals surface area contributed by atoms with Gasteiger partial charge >= 0.3 is 18.2 Å². The SMILES string of the molecule is CCc1cc(NC(=O)N2CCN(c3ccccc3OCc3ccnc(N)n3)CC2)cc(C(F)(F)F)c1.Cc1cccc(NC(=O)N2CCN(c3ccccc3OCc3ccnc(N)n3)CC2)c1. The molecule has 0 spiro atoms. The van der Waals surface area contributed by atoms with Crippen LogP contribution in [0.1, 0.15) is 35.0 Å². The third-order valence-electron chi connectivity index (χ3n) is 11.0. The van der Waals surface area contributed by atoms with Gasteiger partial charge in [0.1, 0.15) is 24.7 Å². The van der Waals surface area contributed by atoms with Gasteiger partial charge in [-0.1, -0.05) is 43.3 Å². The van der Waals surface area contributed by atoms with E-state index in [9.17, 15) is 22.8 Å². The van der Waals surface area contributed by atoms with Gasteiger partial charge in [-0.3, -0.25) is 0 Å². The maximum Gasteiger partial charge on any atom is 0.416 e. The zero-order chi connectivity index (χ0) is 47.3. The molecule has 2 aliphatic heterocycles. The molecule has 0 radical (unpaired) electrons. The summed E-state index contributed by atoms with van der Waals surface area (Å²) in [5, 5.41) is 5.61. The number of aryl methyl sites for hydroxylation is 2. The summed E-state index contributed by atoms with van der Waals surface area (Å²) in [4.78, 5) is 49.3. The number of benzene rings is 4. The number of rotatable bonds is 11. The van der Waals surface area contributed by atoms with Crippen molar-refractivity contribution >= 4 is 46.7 Å². The van der Waals surface area contributed by atoms with E-state index in [1.54, 1.807) is 42.4 Å². The number of aromatic nitrogens is 4. The van der Waals surface area contributed by atoms with E-state index >= 15 is 0 Å². The number of nitrogens with two attached hydrogens (primary N) is 2. The molecule has 19 heteroatoms. The fourth-order valence-corrected chi connectivity index (χ4v) is 7.53. The van der Waals surface area contributed by atoms with Crippen LogP contribution in [-0.4, -0.2) is 94.2 Å². The summed E-state index contributed by atoms with van der Waals surface area (Å²) in [6.45, 7) is 8.91. The van der Waals surface area contributed by atoms with Crippen molar-refractivity contribution in [2.45, 2.75) is 39.7 Å². The van der Waals surface area contributed by atoms with Gasteiger partial charge in [0.15, 0.2) is 0 Å². The number of piperazine rings is 2. The maximum atomic E-state index is 13.2. The van der Waals surface area contributed by atoms with Crippen molar-refractivity contribution in [1.29, 1.82) is 0 Å². The molecule has 0 aliphatic carbocycles. The Morgan fingerprint density at radius 3 is 1.58 bits per heavy atom. The van der Waals surface area contributed by atoms with E-state index in [1.165, 1.54) is 0 Å². The Kier molecular flexibility index (Phi) is 15.4. The van der Waals surface area contributed by atoms with Gasteiger partial charge in [0.25, 0.3) is 0 Å². The van der Waals surface area contributed by atoms with Crippen LogP contribution >= 0.6 is 0 Å². The fourth-order valence-electron chi connectivity index (χ4n) is 7.53. The summed E-state index contributed by atoms with van der Waals surface area (Å²) in [6.07, 6.45) is -0.864. The minimum Gasteiger partial charge on any atom is -0.485 e. The topological polar surface area (TPSA) is 193 Å². The summed E-state index contributed by atoms with van der Waals surface area (Å²) in [5.74, 6) is 1.85. The lowest BCUT2D eigenvalue weighted by molar-refractivity contribution is -0.137. The molecule has 0 saturated carbocycles. The van der Waals surface area contributed by atoms with Crippen LogP contribution in [0.25, 0.3) is 0 Å². The van der Waals surface area contributed by atoms with Gasteiger partial charge in [-0.05, 0) is 91.2 Å². The highest BCUT2D eigenvalue weighted by Crippen LogP contribution is 2.34. The van der Waals surface area contributed by atoms with E-state index < -0.39 is 17.8 Å². The molecule has 67 heavy (non-hydrogen) atoms. The first-order chi connectivity index (χ1) is 32.3. The third kappa shape index (κ3) is 13.1. The molecule has 0 unspecified atom stereocenters. The van der Waals surface area contributed by atoms with Crippen molar-refractivity contribution in [2.75, 3.05) is 84.3 Å². The Hall–Kier alpha value is -7.83. The van der Waals surface area contributed by atoms with Crippen LogP contribution < -0.4 is 41.4 Å². The van der Waals surface area contributed by atoms with Gasteiger partial charge in [0.2, 0.25) is 11.9 Å². The Morgan fingerprint density at radius 1 is 0.627 bits per heavy atom. The van der Waals surface area contributed by atoms with Gasteiger partial charge in [0.05, 0.1) is 28.3 Å². The van der Waals surface area contributed by atoms with Crippen LogP contribution in [0.4, 0.5) is 57.4 Å². The molecule has 6 aromatic rings. The predicted octanol–water partition coefficient (Wildman–Crippen LogP) is 7.87. The molecular weight excluding hydrogens is 866 g/mol. The van der Waals surface area contributed by atoms with E-state index in [2.05, 4.69) is 40.4 Å². The minimum absolute atomic E-state index is 0.0730. The van der Waals surface area contributed by atoms with Gasteiger partial charge < -0.3 is 51.2 Å². The summed E-state index contributed by atoms with van der Waals surface area (Å²) in [5.41, 5.74) is 16.3. The Bertz CT molecular complexity index is 2620. The number of anilines is 6. The monoisotopic (exact) mass is 918 g/mol. The van der Waals surface area contributed by atoms with Gasteiger partial charge in [-0.25, -0.2) is 29.5 Å². The average Bonchev–Trinajstić information content (AvgIpc) is 3.33. The zero-order valence-corrected chi connectivity index (χ0v) is 37.2. The number of nitrogen functional groups attached to an aromatic ring is 2. The number of carbonyl (C=O) groups is 2. The maximum absolute atomic E-state index is 13.2. The molecule has 2 aliphatic rings. The van der Waals surface area contributed by atoms with E-state index in [0.717, 1.165) is 59.3 Å². The van der Waals surface area contributed by atoms with Gasteiger partial charge in [-0.15, -0.1) is 0 Å². The number of urea groups is 2. The number of nitrogens with zero attached hydrogens (tertiary/aromatic N) is 8. The number of hydrogen-bond acceptors (Lipinski definition) is 12. The highest BCUT2D eigenvalue weighted by Gasteiger charge is 2.32. The molecule has 8 rings (SSSR count). The standard InChI is InChI=1S/C25H27F3N6O2.C23H26N6O2/c1-2-17-13-18(25(26,27)28)15-20(14-17)32-24(35)34-11-9-33(10-12-34)21-5-3-4-6-22(21)36-16-19-7-8-30-23(29)31-19;1-17-5-4-6-18(15-17)27-23(30)29-13-11-28(12-14-29)20-7-2-3-8-21(20)31-16-19-9-10-25-22(24)26-19/h3-8,13-15H,2,9-12,16H2,1H3,(H,32,35)(H2,29,30,31);2-10,15H,11-14,16H2,1H3,(H,27,30)(H2,24,25,26). The number of para-hydroxylation sites is 4. The summed E-state index contributed by atoms with van der Waals surface area (Å²) in [7, 11) is 0. The molecule has 16 nitrogen and oxygen atoms in total. The van der Waals surface area contributed by atoms with Crippen molar-refractivity contribution in [3.8, 4) is 11.5 Å². The van der Waals surface area contributed by atoms with Crippen molar-refractivity contribution in [3.63, 3.8) is 0 Å². The van der Waals surface area contributed by atoms with Crippen LogP contribution in [-0.2, 0) is 25.8 Å². The molecule has 0 atom stereocenters. The van der Waals surface area contributed by atoms with E-state index in [-0.39, 0.29) is 30.2 Å². The number of carbonyl (C=O) groups excluding carboxylic acids is 2. The second kappa shape index (κ2) is 21.9. The molecule has 4 amide bonds. The normalized spacial score (nSPS) is 13.9. The van der Waals surface area contributed by atoms with Crippen molar-refractivity contribution in [1.82, 2.24) is 29.7 Å². The largest absolute Gasteiger partial charge is 0.485 e. The number of hydrogen-bond donors (Lipinski definition) is 4. The first-order valence-electron chi connectivity index (χ1n) is 21.8. The van der Waals surface area contributed by atoms with Crippen molar-refractivity contribution < 1.29 is 32.2 Å². The number of halogens is 3. The molecule has 2 aromatic heterocycles. The smallest absolute Gasteiger partial charge is 0.416 e. The number of ether oxygens (including phenoxy) is 2. The van der Waals surface area contributed by atoms with Gasteiger partial charge in [-0.2, -0.15) is 13.2 Å². The van der Waals surface area contributed by atoms with Crippen LogP contribution in [0.5, 0.6) is 11.5 Å². The van der Waals surface area contributed by atoms with Crippen molar-refractivity contribution in [3.05, 3.63) is 144 Å². The fraction of sp³-hybridized carbons (Fsp3) is 0.292. The average molecular weight is 919 g/mol. The lowest BCUT2D eigenvalue weighted by atomic mass is 10.1. The molecule has 2 saturated heterocycles. The van der Waals surface area contributed by atoms with Crippen LogP contribution in [0.15, 0.2) is 116 Å². The highest BCUT2D eigenvalue weighted by atomic mass is 19.4. The number of alkyl halides is 3. The summed E-state index contributed by atoms with van der Waals surface area (Å²) >= 11 is 0. The lowest BCUT2D eigenvalue weighted by Gasteiger charge is -2.36. The van der Waals surface area contributed by atoms with E-state index in [1.807, 2.05) is 84.6 Å². The van der Waals surface area contributed by atoms with Crippen molar-refractivity contribution in [2.24, 2.45) is 0 Å². The molecule has 350 valence electrons. The molecule has 4 aromatic carbocycles. The highest BCUT2D eigenvalue weighted by molar-refractivity contribution is 5.90. The second-order valence-electron chi connectivity index (χ2n) is 15.8. The zero-order valence-electron chi connectivity index (χ0n) is 37.2. The molecular formula is C48H53F3N12O4. The Labute approximate surface area is 386 Å². The summed E-state index contributed by atoms with van der Waals surface area (Å²) < 4.78 is 51.7. The Balaban J connectivity index is 0.000000201. The van der Waals surface area contributed by atoms with E-state index in [0.29, 0.717) is 69.3 Å². The molecule has 2 fully saturated rings. The minimum atomic E-state index is -4.48. The molecule has 4 heterocycles. The van der Waals surface area contributed by atoms with Crippen LogP contribution in [0.3, 0.4) is 0 Å². The van der Waals surface area contributed by atoms with Crippen LogP contribution in [0, 0.1) is 6.92 Å². The third-order valence-corrected chi connectivity index (χ3v) is 11.0. The molecule has 6 N–H and O–H groups in total. The number of amides is 4. The Morgan fingerprint density at radius 2 is 1.12 bits per heavy atom. The second-order valence-corrected chi connectivity index (χ2v) is 15.8. The lowest BCUT2D eigenvalue weighted by Crippen LogP contribution is -2.50. The first-order valence-corrected chi connectivity index (χ1v) is 21.8. The molecule has 0 bridgehead atoms. The predicted molar refractivity (Wildman–Crippen MR) is 252 cm³/mol. The number of nitrogens with one attached hydrogen (secondary N) is 2. The van der Waals surface area contributed by atoms with Crippen LogP contribution in [0.2, 0.25) is 0 Å². The van der Waals surface area contributed by atoms with Gasteiger partial charge in [0, 0.05) is 76.1 Å². The summed E-state index contributed by atoms with van der Waals surface area (Å²) in [6, 6.07) is 29.9.